The van der Waals surface area contributed by atoms with Crippen LogP contribution in [-0.2, 0) is 4.74 Å². The maximum atomic E-state index is 12.5. The molecule has 1 aliphatic rings. The third-order valence-corrected chi connectivity index (χ3v) is 4.46. The van der Waals surface area contributed by atoms with Crippen molar-refractivity contribution in [3.05, 3.63) is 62.7 Å². The van der Waals surface area contributed by atoms with Crippen molar-refractivity contribution in [1.29, 1.82) is 0 Å². The van der Waals surface area contributed by atoms with Crippen LogP contribution in [0.15, 0.2) is 36.4 Å². The molecule has 0 spiro atoms. The van der Waals surface area contributed by atoms with Gasteiger partial charge in [0.05, 0.1) is 18.1 Å². The lowest BCUT2D eigenvalue weighted by molar-refractivity contribution is -0.384. The first kappa shape index (κ1) is 18.2. The van der Waals surface area contributed by atoms with Crippen LogP contribution in [0, 0.1) is 17.0 Å². The number of nitrogens with zero attached hydrogens (tertiary/aromatic N) is 2. The molecule has 1 heterocycles. The number of aryl methyl sites for hydroxylation is 1. The summed E-state index contributed by atoms with van der Waals surface area (Å²) in [4.78, 5) is 25.4. The topological polar surface area (TPSA) is 84.7 Å². The number of nitro benzene ring substituents is 1. The summed E-state index contributed by atoms with van der Waals surface area (Å²) >= 11 is 5.92. The van der Waals surface area contributed by atoms with E-state index in [-0.39, 0.29) is 11.3 Å². The zero-order valence-electron chi connectivity index (χ0n) is 14.2. The van der Waals surface area contributed by atoms with E-state index < -0.39 is 10.8 Å². The molecule has 0 radical (unpaired) electrons. The quantitative estimate of drug-likeness (QED) is 0.651. The number of halogens is 1. The predicted octanol–water partition coefficient (Wildman–Crippen LogP) is 3.65. The Morgan fingerprint density at radius 2 is 1.96 bits per heavy atom. The van der Waals surface area contributed by atoms with Crippen LogP contribution in [0.1, 0.15) is 15.9 Å². The van der Waals surface area contributed by atoms with Gasteiger partial charge in [0.15, 0.2) is 0 Å². The Bertz CT molecular complexity index is 850. The largest absolute Gasteiger partial charge is 0.378 e. The van der Waals surface area contributed by atoms with E-state index in [1.165, 1.54) is 6.07 Å². The van der Waals surface area contributed by atoms with Crippen molar-refractivity contribution in [2.24, 2.45) is 0 Å². The molecule has 2 aromatic carbocycles. The van der Waals surface area contributed by atoms with Crippen LogP contribution in [0.25, 0.3) is 0 Å². The summed E-state index contributed by atoms with van der Waals surface area (Å²) in [6.07, 6.45) is 0. The standard InChI is InChI=1S/C18H18ClN3O4/c1-12-10-14(19)3-4-15(12)20-18(23)13-2-5-16(17(11-13)22(24)25)21-6-8-26-9-7-21/h2-5,10-11H,6-9H2,1H3,(H,20,23). The second-order valence-corrected chi connectivity index (χ2v) is 6.41. The number of carbonyl (C=O) groups excluding carboxylic acids is 1. The van der Waals surface area contributed by atoms with Gasteiger partial charge in [0, 0.05) is 35.4 Å². The molecule has 0 atom stereocenters. The molecule has 136 valence electrons. The van der Waals surface area contributed by atoms with Crippen LogP contribution in [-0.4, -0.2) is 37.1 Å². The number of morpholine rings is 1. The van der Waals surface area contributed by atoms with Gasteiger partial charge < -0.3 is 15.0 Å². The number of rotatable bonds is 4. The number of hydrogen-bond acceptors (Lipinski definition) is 5. The van der Waals surface area contributed by atoms with Crippen LogP contribution in [0.3, 0.4) is 0 Å². The molecule has 3 rings (SSSR count). The molecule has 7 nitrogen and oxygen atoms in total. The molecule has 0 aromatic heterocycles. The van der Waals surface area contributed by atoms with Crippen molar-refractivity contribution in [3.8, 4) is 0 Å². The van der Waals surface area contributed by atoms with Gasteiger partial charge in [-0.05, 0) is 42.8 Å². The van der Waals surface area contributed by atoms with E-state index >= 15 is 0 Å². The van der Waals surface area contributed by atoms with Crippen LogP contribution in [0.5, 0.6) is 0 Å². The molecule has 1 aliphatic heterocycles. The molecule has 26 heavy (non-hydrogen) atoms. The lowest BCUT2D eigenvalue weighted by atomic mass is 10.1. The Morgan fingerprint density at radius 1 is 1.23 bits per heavy atom. The molecule has 2 aromatic rings. The molecule has 8 heteroatoms. The van der Waals surface area contributed by atoms with Gasteiger partial charge in [0.2, 0.25) is 0 Å². The first-order valence-corrected chi connectivity index (χ1v) is 8.52. The molecule has 0 unspecified atom stereocenters. The van der Waals surface area contributed by atoms with E-state index in [4.69, 9.17) is 16.3 Å². The fourth-order valence-electron chi connectivity index (χ4n) is 2.84. The Labute approximate surface area is 155 Å². The number of nitrogens with one attached hydrogen (secondary N) is 1. The third-order valence-electron chi connectivity index (χ3n) is 4.22. The van der Waals surface area contributed by atoms with Gasteiger partial charge in [-0.2, -0.15) is 0 Å². The summed E-state index contributed by atoms with van der Waals surface area (Å²) in [6.45, 7) is 4.03. The highest BCUT2D eigenvalue weighted by Crippen LogP contribution is 2.30. The number of benzene rings is 2. The molecule has 1 fully saturated rings. The summed E-state index contributed by atoms with van der Waals surface area (Å²) in [7, 11) is 0. The molecule has 0 saturated carbocycles. The van der Waals surface area contributed by atoms with E-state index in [1.807, 2.05) is 11.8 Å². The molecular weight excluding hydrogens is 358 g/mol. The van der Waals surface area contributed by atoms with Crippen molar-refractivity contribution in [2.45, 2.75) is 6.92 Å². The van der Waals surface area contributed by atoms with E-state index in [0.717, 1.165) is 5.56 Å². The minimum Gasteiger partial charge on any atom is -0.378 e. The number of hydrogen-bond donors (Lipinski definition) is 1. The fraction of sp³-hybridized carbons (Fsp3) is 0.278. The highest BCUT2D eigenvalue weighted by molar-refractivity contribution is 6.30. The Morgan fingerprint density at radius 3 is 2.62 bits per heavy atom. The van der Waals surface area contributed by atoms with Gasteiger partial charge in [-0.25, -0.2) is 0 Å². The Hall–Kier alpha value is -2.64. The van der Waals surface area contributed by atoms with Crippen molar-refractivity contribution in [1.82, 2.24) is 0 Å². The van der Waals surface area contributed by atoms with Crippen molar-refractivity contribution in [3.63, 3.8) is 0 Å². The normalized spacial score (nSPS) is 14.2. The maximum Gasteiger partial charge on any atom is 0.293 e. The van der Waals surface area contributed by atoms with E-state index in [2.05, 4.69) is 5.32 Å². The SMILES string of the molecule is Cc1cc(Cl)ccc1NC(=O)c1ccc(N2CCOCC2)c([N+](=O)[O-])c1. The average molecular weight is 376 g/mol. The minimum atomic E-state index is -0.463. The number of amides is 1. The maximum absolute atomic E-state index is 12.5. The first-order valence-electron chi connectivity index (χ1n) is 8.14. The third kappa shape index (κ3) is 3.95. The highest BCUT2D eigenvalue weighted by atomic mass is 35.5. The zero-order chi connectivity index (χ0) is 18.7. The van der Waals surface area contributed by atoms with Gasteiger partial charge in [-0.15, -0.1) is 0 Å². The van der Waals surface area contributed by atoms with Gasteiger partial charge in [0.1, 0.15) is 5.69 Å². The molecule has 1 saturated heterocycles. The van der Waals surface area contributed by atoms with Crippen LogP contribution < -0.4 is 10.2 Å². The lowest BCUT2D eigenvalue weighted by Crippen LogP contribution is -2.36. The Kier molecular flexibility index (Phi) is 5.39. The van der Waals surface area contributed by atoms with Gasteiger partial charge in [-0.1, -0.05) is 11.6 Å². The number of anilines is 2. The second kappa shape index (κ2) is 7.72. The molecule has 1 amide bonds. The minimum absolute atomic E-state index is 0.0904. The number of ether oxygens (including phenoxy) is 1. The second-order valence-electron chi connectivity index (χ2n) is 5.97. The van der Waals surface area contributed by atoms with Crippen LogP contribution in [0.2, 0.25) is 5.02 Å². The first-order chi connectivity index (χ1) is 12.5. The summed E-state index contributed by atoms with van der Waals surface area (Å²) < 4.78 is 5.28. The van der Waals surface area contributed by atoms with Crippen molar-refractivity contribution >= 4 is 34.6 Å². The van der Waals surface area contributed by atoms with Gasteiger partial charge in [-0.3, -0.25) is 14.9 Å². The Balaban J connectivity index is 1.86. The van der Waals surface area contributed by atoms with E-state index in [1.54, 1.807) is 30.3 Å². The summed E-state index contributed by atoms with van der Waals surface area (Å²) in [5.74, 6) is -0.410. The van der Waals surface area contributed by atoms with E-state index in [0.29, 0.717) is 42.7 Å². The molecular formula is C18H18ClN3O4. The van der Waals surface area contributed by atoms with Gasteiger partial charge in [0.25, 0.3) is 11.6 Å². The van der Waals surface area contributed by atoms with Crippen LogP contribution >= 0.6 is 11.6 Å². The predicted molar refractivity (Wildman–Crippen MR) is 100 cm³/mol. The smallest absolute Gasteiger partial charge is 0.293 e. The fourth-order valence-corrected chi connectivity index (χ4v) is 3.07. The average Bonchev–Trinajstić information content (AvgIpc) is 2.64. The summed E-state index contributed by atoms with van der Waals surface area (Å²) in [5.41, 5.74) is 2.05. The molecule has 1 N–H and O–H groups in total. The van der Waals surface area contributed by atoms with E-state index in [9.17, 15) is 14.9 Å². The molecule has 0 bridgehead atoms. The molecule has 0 aliphatic carbocycles. The highest BCUT2D eigenvalue weighted by Gasteiger charge is 2.23. The summed E-state index contributed by atoms with van der Waals surface area (Å²) in [6, 6.07) is 9.64. The zero-order valence-corrected chi connectivity index (χ0v) is 15.0. The summed E-state index contributed by atoms with van der Waals surface area (Å²) in [5, 5.41) is 14.8. The number of carbonyl (C=O) groups is 1. The van der Waals surface area contributed by atoms with Crippen molar-refractivity contribution < 1.29 is 14.5 Å². The van der Waals surface area contributed by atoms with Crippen molar-refractivity contribution in [2.75, 3.05) is 36.5 Å². The van der Waals surface area contributed by atoms with Gasteiger partial charge >= 0.3 is 0 Å². The lowest BCUT2D eigenvalue weighted by Gasteiger charge is -2.28. The monoisotopic (exact) mass is 375 g/mol. The van der Waals surface area contributed by atoms with Crippen LogP contribution in [0.4, 0.5) is 17.1 Å². The number of nitro groups is 1.